The molecule has 5 heteroatoms. The van der Waals surface area contributed by atoms with Gasteiger partial charge in [-0.05, 0) is 13.8 Å². The smallest absolute Gasteiger partial charge is 0.269 e. The normalized spacial score (nSPS) is 14.2. The number of hydrogen-bond acceptors (Lipinski definition) is 3. The first kappa shape index (κ1) is 11.7. The third-order valence-electron chi connectivity index (χ3n) is 1.20. The molecule has 0 aromatic rings. The van der Waals surface area contributed by atoms with E-state index < -0.39 is 18.8 Å². The van der Waals surface area contributed by atoms with Crippen LogP contribution in [0.3, 0.4) is 0 Å². The summed E-state index contributed by atoms with van der Waals surface area (Å²) in [6.45, 7) is 3.75. The number of hydrogen-bond donors (Lipinski definition) is 1. The van der Waals surface area contributed by atoms with Gasteiger partial charge in [-0.1, -0.05) is 0 Å². The summed E-state index contributed by atoms with van der Waals surface area (Å²) in [7, 11) is 0. The molecule has 0 saturated heterocycles. The summed E-state index contributed by atoms with van der Waals surface area (Å²) in [6.07, 6.45) is -5.93. The molecule has 74 valence electrons. The Hall–Kier alpha value is -0.260. The van der Waals surface area contributed by atoms with Crippen molar-refractivity contribution in [3.8, 4) is 0 Å². The molecule has 0 aliphatic heterocycles. The Balaban J connectivity index is 3.89. The minimum Gasteiger partial charge on any atom is -0.382 e. The molecule has 0 aromatic carbocycles. The van der Waals surface area contributed by atoms with E-state index in [0.717, 1.165) is 0 Å². The number of aliphatic hydroxyl groups excluding tert-OH is 1. The van der Waals surface area contributed by atoms with Crippen molar-refractivity contribution in [2.45, 2.75) is 32.7 Å². The highest BCUT2D eigenvalue weighted by atomic mass is 19.3. The maximum atomic E-state index is 11.9. The van der Waals surface area contributed by atoms with Crippen molar-refractivity contribution < 1.29 is 23.4 Å². The first-order valence-electron chi connectivity index (χ1n) is 3.82. The Kier molecular flexibility index (Phi) is 6.14. The van der Waals surface area contributed by atoms with Crippen molar-refractivity contribution in [3.63, 3.8) is 0 Å². The van der Waals surface area contributed by atoms with Gasteiger partial charge in [-0.3, -0.25) is 0 Å². The van der Waals surface area contributed by atoms with Gasteiger partial charge in [-0.25, -0.2) is 8.78 Å². The molecule has 0 heterocycles. The number of aliphatic hydroxyl groups is 1. The van der Waals surface area contributed by atoms with Gasteiger partial charge in [0.2, 0.25) is 0 Å². The molecule has 12 heavy (non-hydrogen) atoms. The van der Waals surface area contributed by atoms with Crippen molar-refractivity contribution in [1.82, 2.24) is 0 Å². The summed E-state index contributed by atoms with van der Waals surface area (Å²) in [5.41, 5.74) is 0. The zero-order valence-electron chi connectivity index (χ0n) is 7.17. The van der Waals surface area contributed by atoms with Gasteiger partial charge in [0, 0.05) is 13.2 Å². The van der Waals surface area contributed by atoms with Gasteiger partial charge in [0.05, 0.1) is 0 Å². The van der Waals surface area contributed by atoms with Crippen LogP contribution in [-0.4, -0.2) is 37.1 Å². The molecule has 0 rings (SSSR count). The highest BCUT2D eigenvalue weighted by Gasteiger charge is 2.28. The molecule has 0 aliphatic carbocycles. The monoisotopic (exact) mass is 184 g/mol. The second kappa shape index (κ2) is 6.28. The standard InChI is InChI=1S/C7H14F2O3/c1-3-11-7(12-4-2)5(10)6(8)9/h5-7,10H,3-4H2,1-2H3. The van der Waals surface area contributed by atoms with Gasteiger partial charge in [-0.2, -0.15) is 0 Å². The van der Waals surface area contributed by atoms with Crippen LogP contribution in [0.4, 0.5) is 8.78 Å². The maximum absolute atomic E-state index is 11.9. The third kappa shape index (κ3) is 3.94. The molecular weight excluding hydrogens is 170 g/mol. The Morgan fingerprint density at radius 3 is 1.83 bits per heavy atom. The van der Waals surface area contributed by atoms with Gasteiger partial charge in [0.15, 0.2) is 12.4 Å². The SMILES string of the molecule is CCOC(OCC)C(O)C(F)F. The molecule has 0 amide bonds. The van der Waals surface area contributed by atoms with Crippen LogP contribution in [0.25, 0.3) is 0 Å². The molecule has 1 unspecified atom stereocenters. The van der Waals surface area contributed by atoms with Crippen LogP contribution >= 0.6 is 0 Å². The van der Waals surface area contributed by atoms with E-state index in [4.69, 9.17) is 14.6 Å². The lowest BCUT2D eigenvalue weighted by Crippen LogP contribution is -2.37. The second-order valence-corrected chi connectivity index (χ2v) is 2.10. The van der Waals surface area contributed by atoms with Gasteiger partial charge < -0.3 is 14.6 Å². The van der Waals surface area contributed by atoms with Crippen molar-refractivity contribution in [3.05, 3.63) is 0 Å². The topological polar surface area (TPSA) is 38.7 Å². The summed E-state index contributed by atoms with van der Waals surface area (Å²) in [5, 5.41) is 8.85. The Morgan fingerprint density at radius 2 is 1.58 bits per heavy atom. The van der Waals surface area contributed by atoms with Crippen molar-refractivity contribution >= 4 is 0 Å². The van der Waals surface area contributed by atoms with E-state index in [1.54, 1.807) is 13.8 Å². The molecule has 3 nitrogen and oxygen atoms in total. The number of halogens is 2. The summed E-state index contributed by atoms with van der Waals surface area (Å²) in [4.78, 5) is 0. The molecule has 0 aromatic heterocycles. The highest BCUT2D eigenvalue weighted by molar-refractivity contribution is 4.62. The van der Waals surface area contributed by atoms with E-state index >= 15 is 0 Å². The first-order chi connectivity index (χ1) is 5.63. The summed E-state index contributed by atoms with van der Waals surface area (Å²) >= 11 is 0. The van der Waals surface area contributed by atoms with E-state index in [2.05, 4.69) is 0 Å². The zero-order valence-corrected chi connectivity index (χ0v) is 7.17. The van der Waals surface area contributed by atoms with Crippen molar-refractivity contribution in [2.24, 2.45) is 0 Å². The molecule has 1 N–H and O–H groups in total. The van der Waals surface area contributed by atoms with E-state index in [9.17, 15) is 8.78 Å². The highest BCUT2D eigenvalue weighted by Crippen LogP contribution is 2.10. The molecule has 0 saturated carbocycles. The number of rotatable bonds is 6. The number of alkyl halides is 2. The van der Waals surface area contributed by atoms with E-state index in [0.29, 0.717) is 0 Å². The predicted octanol–water partition coefficient (Wildman–Crippen LogP) is 1.01. The molecule has 0 spiro atoms. The average molecular weight is 184 g/mol. The predicted molar refractivity (Wildman–Crippen MR) is 39.1 cm³/mol. The lowest BCUT2D eigenvalue weighted by molar-refractivity contribution is -0.217. The summed E-state index contributed by atoms with van der Waals surface area (Å²) < 4.78 is 33.3. The average Bonchev–Trinajstić information content (AvgIpc) is 2.03. The molecular formula is C7H14F2O3. The largest absolute Gasteiger partial charge is 0.382 e. The Morgan fingerprint density at radius 1 is 1.17 bits per heavy atom. The van der Waals surface area contributed by atoms with Crippen LogP contribution in [-0.2, 0) is 9.47 Å². The van der Waals surface area contributed by atoms with Crippen LogP contribution in [0.5, 0.6) is 0 Å². The molecule has 0 bridgehead atoms. The summed E-state index contributed by atoms with van der Waals surface area (Å²) in [5.74, 6) is 0. The van der Waals surface area contributed by atoms with E-state index in [1.165, 1.54) is 0 Å². The first-order valence-corrected chi connectivity index (χ1v) is 3.82. The lowest BCUT2D eigenvalue weighted by atomic mass is 10.3. The summed E-state index contributed by atoms with van der Waals surface area (Å²) in [6, 6.07) is 0. The Labute approximate surface area is 70.3 Å². The van der Waals surface area contributed by atoms with E-state index in [-0.39, 0.29) is 13.2 Å². The molecule has 0 fully saturated rings. The van der Waals surface area contributed by atoms with Crippen LogP contribution in [0, 0.1) is 0 Å². The molecule has 0 aliphatic rings. The van der Waals surface area contributed by atoms with E-state index in [1.807, 2.05) is 0 Å². The van der Waals surface area contributed by atoms with Crippen molar-refractivity contribution in [1.29, 1.82) is 0 Å². The van der Waals surface area contributed by atoms with Crippen LogP contribution in [0.15, 0.2) is 0 Å². The quantitative estimate of drug-likeness (QED) is 0.626. The fraction of sp³-hybridized carbons (Fsp3) is 1.00. The van der Waals surface area contributed by atoms with Crippen LogP contribution in [0.2, 0.25) is 0 Å². The minimum absolute atomic E-state index is 0.231. The van der Waals surface area contributed by atoms with Gasteiger partial charge in [0.1, 0.15) is 0 Å². The second-order valence-electron chi connectivity index (χ2n) is 2.10. The lowest BCUT2D eigenvalue weighted by Gasteiger charge is -2.21. The van der Waals surface area contributed by atoms with Gasteiger partial charge >= 0.3 is 0 Å². The van der Waals surface area contributed by atoms with Gasteiger partial charge in [-0.15, -0.1) is 0 Å². The fourth-order valence-corrected chi connectivity index (χ4v) is 0.693. The molecule has 1 atom stereocenters. The van der Waals surface area contributed by atoms with Crippen LogP contribution < -0.4 is 0 Å². The molecule has 0 radical (unpaired) electrons. The Bertz CT molecular complexity index is 105. The van der Waals surface area contributed by atoms with Crippen LogP contribution in [0.1, 0.15) is 13.8 Å². The van der Waals surface area contributed by atoms with Gasteiger partial charge in [0.25, 0.3) is 6.43 Å². The maximum Gasteiger partial charge on any atom is 0.269 e. The fourth-order valence-electron chi connectivity index (χ4n) is 0.693. The third-order valence-corrected chi connectivity index (χ3v) is 1.20. The zero-order chi connectivity index (χ0) is 9.56. The van der Waals surface area contributed by atoms with Crippen molar-refractivity contribution in [2.75, 3.05) is 13.2 Å². The number of ether oxygens (including phenoxy) is 2. The minimum atomic E-state index is -2.84.